The molecule has 1 aliphatic rings. The number of aliphatic hydroxyl groups is 1. The van der Waals surface area contributed by atoms with E-state index in [9.17, 15) is 19.5 Å². The van der Waals surface area contributed by atoms with Gasteiger partial charge in [-0.15, -0.1) is 0 Å². The van der Waals surface area contributed by atoms with Gasteiger partial charge in [-0.1, -0.05) is 25.1 Å². The fourth-order valence-electron chi connectivity index (χ4n) is 4.48. The average molecular weight is 501 g/mol. The number of carbonyl (C=O) groups is 3. The molecule has 1 fully saturated rings. The fraction of sp³-hybridized carbons (Fsp3) is 0.519. The van der Waals surface area contributed by atoms with Crippen LogP contribution in [0.15, 0.2) is 36.4 Å². The number of β-amino-alcohol motifs (C(OH)–C–C–N with tert-alkyl or cyclic N) is 1. The summed E-state index contributed by atoms with van der Waals surface area (Å²) in [4.78, 5) is 39.9. The summed E-state index contributed by atoms with van der Waals surface area (Å²) in [5.41, 5.74) is -0.213. The highest BCUT2D eigenvalue weighted by Crippen LogP contribution is 2.28. The van der Waals surface area contributed by atoms with Gasteiger partial charge in [-0.3, -0.25) is 14.5 Å². The number of ketones is 1. The molecule has 1 saturated heterocycles. The van der Waals surface area contributed by atoms with Crippen LogP contribution in [0.1, 0.15) is 44.5 Å². The highest BCUT2D eigenvalue weighted by Gasteiger charge is 2.44. The van der Waals surface area contributed by atoms with E-state index in [-0.39, 0.29) is 31.2 Å². The second-order valence-electron chi connectivity index (χ2n) is 10.1. The number of hydrogen-bond donors (Lipinski definition) is 2. The number of rotatable bonds is 8. The van der Waals surface area contributed by atoms with Gasteiger partial charge in [-0.25, -0.2) is 4.79 Å². The molecule has 2 aromatic carbocycles. The molecule has 2 unspecified atom stereocenters. The van der Waals surface area contributed by atoms with E-state index in [0.29, 0.717) is 5.56 Å². The van der Waals surface area contributed by atoms with Crippen LogP contribution in [-0.2, 0) is 14.3 Å². The normalized spacial score (nSPS) is 19.6. The van der Waals surface area contributed by atoms with Gasteiger partial charge < -0.3 is 24.6 Å². The van der Waals surface area contributed by atoms with Crippen molar-refractivity contribution < 1.29 is 33.7 Å². The second kappa shape index (κ2) is 11.3. The maximum atomic E-state index is 13.0. The minimum atomic E-state index is -0.745. The molecule has 0 aromatic heterocycles. The summed E-state index contributed by atoms with van der Waals surface area (Å²) in [6, 6.07) is 10.4. The fourth-order valence-corrected chi connectivity index (χ4v) is 4.48. The predicted molar refractivity (Wildman–Crippen MR) is 135 cm³/mol. The number of Topliss-reactive ketones (excluding diaryl/α,β-unsaturated/α-hetero) is 1. The molecule has 3 rings (SSSR count). The van der Waals surface area contributed by atoms with Crippen molar-refractivity contribution in [3.63, 3.8) is 0 Å². The third kappa shape index (κ3) is 6.53. The molecule has 4 atom stereocenters. The maximum absolute atomic E-state index is 13.0. The number of nitrogens with zero attached hydrogens (tertiary/aromatic N) is 1. The molecule has 0 spiro atoms. The predicted octanol–water partition coefficient (Wildman–Crippen LogP) is 3.17. The summed E-state index contributed by atoms with van der Waals surface area (Å²) in [6.07, 6.45) is -1.75. The van der Waals surface area contributed by atoms with E-state index < -0.39 is 35.9 Å². The van der Waals surface area contributed by atoms with Crippen molar-refractivity contribution in [3.05, 3.63) is 42.0 Å². The molecular weight excluding hydrogens is 464 g/mol. The summed E-state index contributed by atoms with van der Waals surface area (Å²) in [5, 5.41) is 14.8. The Morgan fingerprint density at radius 3 is 2.42 bits per heavy atom. The Morgan fingerprint density at radius 1 is 1.11 bits per heavy atom. The first-order valence-electron chi connectivity index (χ1n) is 12.0. The molecule has 36 heavy (non-hydrogen) atoms. The van der Waals surface area contributed by atoms with E-state index >= 15 is 0 Å². The van der Waals surface area contributed by atoms with Crippen LogP contribution in [0.4, 0.5) is 4.79 Å². The van der Waals surface area contributed by atoms with E-state index in [4.69, 9.17) is 14.2 Å². The number of hydrogen-bond acceptors (Lipinski definition) is 7. The lowest BCUT2D eigenvalue weighted by Crippen LogP contribution is -2.51. The van der Waals surface area contributed by atoms with Gasteiger partial charge in [0.1, 0.15) is 11.4 Å². The van der Waals surface area contributed by atoms with Crippen molar-refractivity contribution in [1.29, 1.82) is 0 Å². The summed E-state index contributed by atoms with van der Waals surface area (Å²) in [5.74, 6) is -0.567. The summed E-state index contributed by atoms with van der Waals surface area (Å²) >= 11 is 0. The molecule has 0 radical (unpaired) electrons. The highest BCUT2D eigenvalue weighted by atomic mass is 16.6. The summed E-state index contributed by atoms with van der Waals surface area (Å²) in [7, 11) is 3.06. The maximum Gasteiger partial charge on any atom is 0.410 e. The van der Waals surface area contributed by atoms with Gasteiger partial charge in [0.15, 0.2) is 5.78 Å². The molecule has 0 saturated carbocycles. The first kappa shape index (κ1) is 27.4. The number of benzene rings is 2. The molecule has 1 aliphatic heterocycles. The van der Waals surface area contributed by atoms with Gasteiger partial charge >= 0.3 is 6.09 Å². The number of likely N-dealkylation sites (tertiary alicyclic amines) is 1. The van der Waals surface area contributed by atoms with Crippen LogP contribution in [0.3, 0.4) is 0 Å². The van der Waals surface area contributed by atoms with Crippen LogP contribution < -0.4 is 10.1 Å². The number of nitrogens with one attached hydrogen (secondary N) is 1. The Kier molecular flexibility index (Phi) is 8.58. The lowest BCUT2D eigenvalue weighted by atomic mass is 9.94. The quantitative estimate of drug-likeness (QED) is 0.535. The lowest BCUT2D eigenvalue weighted by Gasteiger charge is -2.34. The van der Waals surface area contributed by atoms with Crippen molar-refractivity contribution >= 4 is 28.6 Å². The molecule has 1 heterocycles. The molecule has 9 heteroatoms. The van der Waals surface area contributed by atoms with Gasteiger partial charge in [-0.2, -0.15) is 0 Å². The Labute approximate surface area is 211 Å². The topological polar surface area (TPSA) is 114 Å². The average Bonchev–Trinajstić information content (AvgIpc) is 3.22. The van der Waals surface area contributed by atoms with Crippen molar-refractivity contribution in [1.82, 2.24) is 10.2 Å². The zero-order valence-electron chi connectivity index (χ0n) is 21.7. The Bertz CT molecular complexity index is 1110. The molecule has 2 amide bonds. The molecule has 0 bridgehead atoms. The number of carbonyl (C=O) groups excluding carboxylic acids is 3. The first-order valence-corrected chi connectivity index (χ1v) is 12.0. The zero-order valence-corrected chi connectivity index (χ0v) is 21.7. The van der Waals surface area contributed by atoms with Gasteiger partial charge in [-0.05, 0) is 56.2 Å². The van der Waals surface area contributed by atoms with Gasteiger partial charge in [0.05, 0.1) is 44.4 Å². The largest absolute Gasteiger partial charge is 0.497 e. The second-order valence-corrected chi connectivity index (χ2v) is 10.1. The van der Waals surface area contributed by atoms with Gasteiger partial charge in [0, 0.05) is 12.7 Å². The molecule has 2 N–H and O–H groups in total. The van der Waals surface area contributed by atoms with Crippen LogP contribution in [0.2, 0.25) is 0 Å². The number of amides is 2. The van der Waals surface area contributed by atoms with E-state index in [1.165, 1.54) is 12.0 Å². The van der Waals surface area contributed by atoms with Crippen molar-refractivity contribution in [2.45, 2.75) is 58.0 Å². The minimum absolute atomic E-state index is 0.0973. The zero-order chi connectivity index (χ0) is 26.6. The van der Waals surface area contributed by atoms with E-state index in [2.05, 4.69) is 5.32 Å². The van der Waals surface area contributed by atoms with Gasteiger partial charge in [0.2, 0.25) is 5.91 Å². The van der Waals surface area contributed by atoms with Crippen molar-refractivity contribution in [2.75, 3.05) is 27.3 Å². The van der Waals surface area contributed by atoms with Gasteiger partial charge in [0.25, 0.3) is 0 Å². The SMILES string of the molecule is COc1ccc2cc(C(=O)CNC(=O)[C@H](C)[C@@H](OC)C3CC(O)CN3C(=O)OC(C)(C)C)ccc2c1. The standard InChI is InChI=1S/C27H36N2O7/c1-16(24(35-6)22-13-20(30)15-29(22)26(33)36-27(2,3)4)25(32)28-14-23(31)19-8-7-18-12-21(34-5)10-9-17(18)11-19/h7-12,16,20,22,24,30H,13-15H2,1-6H3,(H,28,32)/t16-,20?,22?,24-/m1/s1. The molecule has 2 aromatic rings. The molecule has 196 valence electrons. The Morgan fingerprint density at radius 2 is 1.78 bits per heavy atom. The third-order valence-electron chi connectivity index (χ3n) is 6.30. The van der Waals surface area contributed by atoms with Crippen LogP contribution in [-0.4, -0.2) is 79.0 Å². The van der Waals surface area contributed by atoms with Crippen LogP contribution in [0, 0.1) is 5.92 Å². The molecule has 9 nitrogen and oxygen atoms in total. The monoisotopic (exact) mass is 500 g/mol. The molecule has 0 aliphatic carbocycles. The Hall–Kier alpha value is -3.17. The number of ether oxygens (including phenoxy) is 3. The lowest BCUT2D eigenvalue weighted by molar-refractivity contribution is -0.130. The van der Waals surface area contributed by atoms with Crippen LogP contribution in [0.25, 0.3) is 10.8 Å². The summed E-state index contributed by atoms with van der Waals surface area (Å²) in [6.45, 7) is 6.89. The van der Waals surface area contributed by atoms with E-state index in [1.807, 2.05) is 24.3 Å². The van der Waals surface area contributed by atoms with Crippen LogP contribution in [0.5, 0.6) is 5.75 Å². The summed E-state index contributed by atoms with van der Waals surface area (Å²) < 4.78 is 16.3. The van der Waals surface area contributed by atoms with E-state index in [1.54, 1.807) is 46.9 Å². The minimum Gasteiger partial charge on any atom is -0.497 e. The van der Waals surface area contributed by atoms with Crippen molar-refractivity contribution in [3.8, 4) is 5.75 Å². The number of fused-ring (bicyclic) bond motifs is 1. The van der Waals surface area contributed by atoms with Crippen molar-refractivity contribution in [2.24, 2.45) is 5.92 Å². The Balaban J connectivity index is 1.65. The molecular formula is C27H36N2O7. The van der Waals surface area contributed by atoms with E-state index in [0.717, 1.165) is 16.5 Å². The number of aliphatic hydroxyl groups excluding tert-OH is 1. The third-order valence-corrected chi connectivity index (χ3v) is 6.30. The smallest absolute Gasteiger partial charge is 0.410 e. The number of methoxy groups -OCH3 is 2. The highest BCUT2D eigenvalue weighted by molar-refractivity contribution is 6.02. The van der Waals surface area contributed by atoms with Crippen LogP contribution >= 0.6 is 0 Å². The first-order chi connectivity index (χ1) is 16.9.